The number of hydrogen-bond acceptors (Lipinski definition) is 1. The number of benzene rings is 1. The molecule has 0 aliphatic heterocycles. The van der Waals surface area contributed by atoms with Crippen LogP contribution < -0.4 is 0 Å². The van der Waals surface area contributed by atoms with Crippen LogP contribution in [-0.4, -0.2) is 0 Å². The summed E-state index contributed by atoms with van der Waals surface area (Å²) < 4.78 is 0. The number of halogens is 1. The predicted octanol–water partition coefficient (Wildman–Crippen LogP) is 3.40. The Hall–Kier alpha value is -1.000. The van der Waals surface area contributed by atoms with Crippen molar-refractivity contribution in [2.24, 2.45) is 0 Å². The molecule has 0 saturated heterocycles. The normalized spacial score (nSPS) is 14.6. The third-order valence-electron chi connectivity index (χ3n) is 2.89. The molecule has 72 valence electrons. The van der Waals surface area contributed by atoms with Crippen LogP contribution >= 0.6 is 11.6 Å². The van der Waals surface area contributed by atoms with Crippen molar-refractivity contribution in [2.75, 3.05) is 0 Å². The van der Waals surface area contributed by atoms with E-state index in [2.05, 4.69) is 6.07 Å². The van der Waals surface area contributed by atoms with E-state index in [0.29, 0.717) is 0 Å². The maximum atomic E-state index is 9.02. The summed E-state index contributed by atoms with van der Waals surface area (Å²) in [5.74, 6) is 0. The minimum Gasteiger partial charge on any atom is -0.192 e. The van der Waals surface area contributed by atoms with Gasteiger partial charge in [-0.25, -0.2) is 0 Å². The molecule has 0 atom stereocenters. The van der Waals surface area contributed by atoms with Crippen molar-refractivity contribution in [3.63, 3.8) is 0 Å². The van der Waals surface area contributed by atoms with E-state index in [1.54, 1.807) is 0 Å². The summed E-state index contributed by atoms with van der Waals surface area (Å²) in [5.41, 5.74) is 4.26. The topological polar surface area (TPSA) is 23.8 Å². The zero-order valence-electron chi connectivity index (χ0n) is 8.23. The Morgan fingerprint density at radius 2 is 1.93 bits per heavy atom. The molecule has 2 rings (SSSR count). The number of rotatable bonds is 0. The molecule has 0 fully saturated rings. The van der Waals surface area contributed by atoms with E-state index in [1.165, 1.54) is 24.0 Å². The van der Waals surface area contributed by atoms with Gasteiger partial charge in [-0.3, -0.25) is 0 Å². The van der Waals surface area contributed by atoms with Crippen LogP contribution in [0.25, 0.3) is 0 Å². The quantitative estimate of drug-likeness (QED) is 0.637. The molecule has 0 aromatic heterocycles. The van der Waals surface area contributed by atoms with Gasteiger partial charge in [0.05, 0.1) is 11.6 Å². The lowest BCUT2D eigenvalue weighted by atomic mass is 9.87. The summed E-state index contributed by atoms with van der Waals surface area (Å²) in [6, 6.07) is 4.17. The van der Waals surface area contributed by atoms with Gasteiger partial charge < -0.3 is 0 Å². The SMILES string of the molecule is Cc1cc(C#N)c2c(c1Cl)CCCC2. The molecule has 0 heterocycles. The molecule has 1 aliphatic carbocycles. The van der Waals surface area contributed by atoms with E-state index in [4.69, 9.17) is 16.9 Å². The third kappa shape index (κ3) is 1.40. The minimum atomic E-state index is 0.821. The highest BCUT2D eigenvalue weighted by molar-refractivity contribution is 6.32. The Bertz CT molecular complexity index is 415. The molecule has 2 heteroatoms. The van der Waals surface area contributed by atoms with Crippen molar-refractivity contribution in [1.29, 1.82) is 5.26 Å². The Morgan fingerprint density at radius 1 is 1.29 bits per heavy atom. The summed E-state index contributed by atoms with van der Waals surface area (Å²) in [5, 5.41) is 9.89. The molecule has 0 saturated carbocycles. The number of hydrogen-bond donors (Lipinski definition) is 0. The average molecular weight is 206 g/mol. The van der Waals surface area contributed by atoms with Gasteiger partial charge in [0, 0.05) is 5.02 Å². The maximum Gasteiger partial charge on any atom is 0.0994 e. The van der Waals surface area contributed by atoms with E-state index in [9.17, 15) is 0 Å². The zero-order valence-corrected chi connectivity index (χ0v) is 8.99. The van der Waals surface area contributed by atoms with Gasteiger partial charge in [0.2, 0.25) is 0 Å². The van der Waals surface area contributed by atoms with E-state index < -0.39 is 0 Å². The fourth-order valence-corrected chi connectivity index (χ4v) is 2.41. The Labute approximate surface area is 89.3 Å². The lowest BCUT2D eigenvalue weighted by Crippen LogP contribution is -2.06. The first-order valence-electron chi connectivity index (χ1n) is 4.95. The predicted molar refractivity (Wildman–Crippen MR) is 57.5 cm³/mol. The lowest BCUT2D eigenvalue weighted by molar-refractivity contribution is 0.683. The lowest BCUT2D eigenvalue weighted by Gasteiger charge is -2.19. The van der Waals surface area contributed by atoms with Gasteiger partial charge in [-0.1, -0.05) is 11.6 Å². The summed E-state index contributed by atoms with van der Waals surface area (Å²) >= 11 is 6.23. The van der Waals surface area contributed by atoms with Crippen LogP contribution in [-0.2, 0) is 12.8 Å². The molecule has 14 heavy (non-hydrogen) atoms. The number of nitriles is 1. The van der Waals surface area contributed by atoms with Gasteiger partial charge in [-0.15, -0.1) is 0 Å². The highest BCUT2D eigenvalue weighted by atomic mass is 35.5. The van der Waals surface area contributed by atoms with Crippen molar-refractivity contribution in [1.82, 2.24) is 0 Å². The van der Waals surface area contributed by atoms with E-state index in [-0.39, 0.29) is 0 Å². The summed E-state index contributed by atoms with van der Waals surface area (Å²) in [4.78, 5) is 0. The van der Waals surface area contributed by atoms with E-state index in [1.807, 2.05) is 13.0 Å². The monoisotopic (exact) mass is 205 g/mol. The molecule has 0 radical (unpaired) electrons. The third-order valence-corrected chi connectivity index (χ3v) is 3.41. The minimum absolute atomic E-state index is 0.821. The van der Waals surface area contributed by atoms with Crippen LogP contribution in [0.1, 0.15) is 35.1 Å². The van der Waals surface area contributed by atoms with E-state index >= 15 is 0 Å². The fraction of sp³-hybridized carbons (Fsp3) is 0.417. The second-order valence-corrected chi connectivity index (χ2v) is 4.21. The number of nitrogens with zero attached hydrogens (tertiary/aromatic N) is 1. The molecular formula is C12H12ClN. The van der Waals surface area contributed by atoms with Crippen molar-refractivity contribution < 1.29 is 0 Å². The molecule has 0 bridgehead atoms. The molecule has 1 aromatic rings. The van der Waals surface area contributed by atoms with Gasteiger partial charge in [-0.2, -0.15) is 5.26 Å². The Balaban J connectivity index is 2.68. The molecule has 0 unspecified atom stereocenters. The average Bonchev–Trinajstić information content (AvgIpc) is 2.23. The van der Waals surface area contributed by atoms with Crippen molar-refractivity contribution in [2.45, 2.75) is 32.6 Å². The first-order chi connectivity index (χ1) is 6.74. The fourth-order valence-electron chi connectivity index (χ4n) is 2.15. The van der Waals surface area contributed by atoms with Crippen LogP contribution in [0.5, 0.6) is 0 Å². The summed E-state index contributed by atoms with van der Waals surface area (Å²) in [6.45, 7) is 1.97. The van der Waals surface area contributed by atoms with Crippen LogP contribution in [0.4, 0.5) is 0 Å². The molecule has 1 aliphatic rings. The maximum absolute atomic E-state index is 9.02. The Kier molecular flexibility index (Phi) is 2.48. The first kappa shape index (κ1) is 9.55. The first-order valence-corrected chi connectivity index (χ1v) is 5.33. The second-order valence-electron chi connectivity index (χ2n) is 3.83. The molecule has 0 N–H and O–H groups in total. The van der Waals surface area contributed by atoms with Crippen LogP contribution in [0.2, 0.25) is 5.02 Å². The molecular weight excluding hydrogens is 194 g/mol. The van der Waals surface area contributed by atoms with Crippen molar-refractivity contribution in [3.05, 3.63) is 33.3 Å². The van der Waals surface area contributed by atoms with Crippen LogP contribution in [0, 0.1) is 18.3 Å². The number of fused-ring (bicyclic) bond motifs is 1. The summed E-state index contributed by atoms with van der Waals surface area (Å²) in [7, 11) is 0. The van der Waals surface area contributed by atoms with Crippen LogP contribution in [0.3, 0.4) is 0 Å². The van der Waals surface area contributed by atoms with E-state index in [0.717, 1.165) is 29.0 Å². The van der Waals surface area contributed by atoms with Gasteiger partial charge >= 0.3 is 0 Å². The standard InChI is InChI=1S/C12H12ClN/c1-8-6-9(7-14)10-4-2-3-5-11(10)12(8)13/h6H,2-5H2,1H3. The van der Waals surface area contributed by atoms with Crippen molar-refractivity contribution >= 4 is 11.6 Å². The Morgan fingerprint density at radius 3 is 2.57 bits per heavy atom. The summed E-state index contributed by atoms with van der Waals surface area (Å²) in [6.07, 6.45) is 4.42. The molecule has 0 spiro atoms. The molecule has 0 amide bonds. The van der Waals surface area contributed by atoms with Gasteiger partial charge in [0.25, 0.3) is 0 Å². The van der Waals surface area contributed by atoms with Crippen molar-refractivity contribution in [3.8, 4) is 6.07 Å². The largest absolute Gasteiger partial charge is 0.192 e. The van der Waals surface area contributed by atoms with Gasteiger partial charge in [0.1, 0.15) is 0 Å². The second kappa shape index (κ2) is 3.63. The van der Waals surface area contributed by atoms with Crippen LogP contribution in [0.15, 0.2) is 6.07 Å². The van der Waals surface area contributed by atoms with Gasteiger partial charge in [-0.05, 0) is 55.4 Å². The van der Waals surface area contributed by atoms with Gasteiger partial charge in [0.15, 0.2) is 0 Å². The highest BCUT2D eigenvalue weighted by Gasteiger charge is 2.17. The molecule has 1 nitrogen and oxygen atoms in total. The zero-order chi connectivity index (χ0) is 10.1. The number of aryl methyl sites for hydroxylation is 1. The molecule has 1 aromatic carbocycles. The highest BCUT2D eigenvalue weighted by Crippen LogP contribution is 2.32. The smallest absolute Gasteiger partial charge is 0.0994 e.